The molecule has 0 spiro atoms. The average molecular weight is 289 g/mol. The first kappa shape index (κ1) is 13.7. The molecular formula is C14H15N3O4. The summed E-state index contributed by atoms with van der Waals surface area (Å²) in [7, 11) is 0. The first-order valence-corrected chi connectivity index (χ1v) is 6.82. The molecule has 1 atom stereocenters. The number of carboxylic acid groups (broad SMARTS) is 1. The number of hydrogen-bond donors (Lipinski definition) is 1. The number of ether oxygens (including phenoxy) is 1. The quantitative estimate of drug-likeness (QED) is 0.905. The molecule has 7 heteroatoms. The van der Waals surface area contributed by atoms with E-state index in [1.165, 1.54) is 23.3 Å². The van der Waals surface area contributed by atoms with E-state index in [4.69, 9.17) is 9.84 Å². The molecule has 1 aromatic rings. The van der Waals surface area contributed by atoms with E-state index in [9.17, 15) is 9.59 Å². The van der Waals surface area contributed by atoms with Gasteiger partial charge in [0.05, 0.1) is 30.6 Å². The number of amides is 1. The Kier molecular flexibility index (Phi) is 3.66. The molecule has 2 aliphatic rings. The Bertz CT molecular complexity index is 591. The predicted molar refractivity (Wildman–Crippen MR) is 74.3 cm³/mol. The van der Waals surface area contributed by atoms with Crippen LogP contribution in [0, 0.1) is 5.92 Å². The van der Waals surface area contributed by atoms with Gasteiger partial charge in [0.25, 0.3) is 5.91 Å². The molecule has 7 nitrogen and oxygen atoms in total. The molecule has 3 heterocycles. The molecule has 1 fully saturated rings. The van der Waals surface area contributed by atoms with Gasteiger partial charge in [-0.15, -0.1) is 0 Å². The second kappa shape index (κ2) is 5.61. The van der Waals surface area contributed by atoms with Crippen LogP contribution in [-0.2, 0) is 9.53 Å². The van der Waals surface area contributed by atoms with Crippen molar-refractivity contribution in [2.45, 2.75) is 19.3 Å². The Morgan fingerprint density at radius 3 is 2.90 bits per heavy atom. The smallest absolute Gasteiger partial charge is 0.354 e. The Labute approximate surface area is 121 Å². The number of carbonyl (C=O) groups excluding carboxylic acids is 1. The third-order valence-corrected chi connectivity index (χ3v) is 3.64. The molecule has 110 valence electrons. The van der Waals surface area contributed by atoms with E-state index in [-0.39, 0.29) is 23.9 Å². The van der Waals surface area contributed by atoms with E-state index in [2.05, 4.69) is 10.1 Å². The first-order valence-electron chi connectivity index (χ1n) is 6.82. The van der Waals surface area contributed by atoms with Crippen LogP contribution in [0.25, 0.3) is 0 Å². The number of hydrogen-bond acceptors (Lipinski definition) is 5. The number of rotatable bonds is 3. The molecule has 1 aromatic heterocycles. The number of carbonyl (C=O) groups is 2. The van der Waals surface area contributed by atoms with Crippen LogP contribution in [0.1, 0.15) is 29.8 Å². The summed E-state index contributed by atoms with van der Waals surface area (Å²) < 4.78 is 5.42. The van der Waals surface area contributed by atoms with Crippen molar-refractivity contribution in [1.82, 2.24) is 4.98 Å². The third-order valence-electron chi connectivity index (χ3n) is 3.64. The molecule has 0 saturated carbocycles. The van der Waals surface area contributed by atoms with Crippen LogP contribution in [0.15, 0.2) is 23.4 Å². The highest BCUT2D eigenvalue weighted by atomic mass is 16.5. The standard InChI is InChI=1S/C14H15N3O4/c18-13-6-12(9-2-1-5-21-8-9)16-17(13)10-3-4-11(14(19)20)15-7-10/h3-4,7,9H,1-2,5-6,8H2,(H,19,20). The molecule has 0 aliphatic carbocycles. The summed E-state index contributed by atoms with van der Waals surface area (Å²) in [5.74, 6) is -1.03. The summed E-state index contributed by atoms with van der Waals surface area (Å²) in [5.41, 5.74) is 1.26. The number of carboxylic acids is 1. The zero-order valence-electron chi connectivity index (χ0n) is 11.4. The van der Waals surface area contributed by atoms with Crippen molar-refractivity contribution in [3.63, 3.8) is 0 Å². The SMILES string of the molecule is O=C(O)c1ccc(N2N=C(C3CCCOC3)CC2=O)cn1. The topological polar surface area (TPSA) is 92.1 Å². The maximum absolute atomic E-state index is 12.1. The first-order chi connectivity index (χ1) is 10.1. The summed E-state index contributed by atoms with van der Waals surface area (Å²) in [5, 5.41) is 14.5. The minimum atomic E-state index is -1.10. The van der Waals surface area contributed by atoms with Gasteiger partial charge in [-0.1, -0.05) is 0 Å². The Hall–Kier alpha value is -2.28. The highest BCUT2D eigenvalue weighted by molar-refractivity contribution is 6.13. The van der Waals surface area contributed by atoms with Gasteiger partial charge in [-0.05, 0) is 25.0 Å². The largest absolute Gasteiger partial charge is 0.477 e. The minimum Gasteiger partial charge on any atom is -0.477 e. The molecule has 0 radical (unpaired) electrons. The Balaban J connectivity index is 1.79. The molecular weight excluding hydrogens is 274 g/mol. The summed E-state index contributed by atoms with van der Waals surface area (Å²) >= 11 is 0. The number of pyridine rings is 1. The molecule has 1 amide bonds. The van der Waals surface area contributed by atoms with Crippen LogP contribution < -0.4 is 5.01 Å². The van der Waals surface area contributed by atoms with Crippen LogP contribution in [0.3, 0.4) is 0 Å². The van der Waals surface area contributed by atoms with Crippen molar-refractivity contribution < 1.29 is 19.4 Å². The Morgan fingerprint density at radius 2 is 2.29 bits per heavy atom. The molecule has 21 heavy (non-hydrogen) atoms. The monoisotopic (exact) mass is 289 g/mol. The van der Waals surface area contributed by atoms with Crippen LogP contribution in [0.4, 0.5) is 5.69 Å². The summed E-state index contributed by atoms with van der Waals surface area (Å²) in [6.45, 7) is 1.37. The van der Waals surface area contributed by atoms with Gasteiger partial charge < -0.3 is 9.84 Å². The lowest BCUT2D eigenvalue weighted by Crippen LogP contribution is -2.24. The molecule has 1 unspecified atom stereocenters. The van der Waals surface area contributed by atoms with Gasteiger partial charge in [-0.3, -0.25) is 4.79 Å². The van der Waals surface area contributed by atoms with Crippen molar-refractivity contribution in [2.24, 2.45) is 11.0 Å². The van der Waals surface area contributed by atoms with E-state index >= 15 is 0 Å². The van der Waals surface area contributed by atoms with Crippen molar-refractivity contribution in [2.75, 3.05) is 18.2 Å². The average Bonchev–Trinajstić information content (AvgIpc) is 2.90. The van der Waals surface area contributed by atoms with E-state index in [1.807, 2.05) is 0 Å². The van der Waals surface area contributed by atoms with Gasteiger partial charge in [0.2, 0.25) is 0 Å². The highest BCUT2D eigenvalue weighted by Crippen LogP contribution is 2.25. The second-order valence-corrected chi connectivity index (χ2v) is 5.09. The van der Waals surface area contributed by atoms with Crippen LogP contribution in [0.5, 0.6) is 0 Å². The van der Waals surface area contributed by atoms with Gasteiger partial charge in [0.15, 0.2) is 0 Å². The summed E-state index contributed by atoms with van der Waals surface area (Å²) in [6.07, 6.45) is 3.60. The summed E-state index contributed by atoms with van der Waals surface area (Å²) in [4.78, 5) is 26.7. The van der Waals surface area contributed by atoms with E-state index in [1.54, 1.807) is 0 Å². The van der Waals surface area contributed by atoms with Crippen LogP contribution >= 0.6 is 0 Å². The third kappa shape index (κ3) is 2.78. The molecule has 0 bridgehead atoms. The van der Waals surface area contributed by atoms with E-state index < -0.39 is 5.97 Å². The zero-order chi connectivity index (χ0) is 14.8. The normalized spacial score (nSPS) is 22.3. The lowest BCUT2D eigenvalue weighted by atomic mass is 9.95. The lowest BCUT2D eigenvalue weighted by Gasteiger charge is -2.21. The fraction of sp³-hybridized carbons (Fsp3) is 0.429. The maximum atomic E-state index is 12.1. The van der Waals surface area contributed by atoms with Gasteiger partial charge in [-0.2, -0.15) is 10.1 Å². The second-order valence-electron chi connectivity index (χ2n) is 5.09. The minimum absolute atomic E-state index is 0.0599. The van der Waals surface area contributed by atoms with Gasteiger partial charge >= 0.3 is 5.97 Å². The maximum Gasteiger partial charge on any atom is 0.354 e. The number of anilines is 1. The van der Waals surface area contributed by atoms with Crippen molar-refractivity contribution in [3.05, 3.63) is 24.0 Å². The molecule has 1 N–H and O–H groups in total. The Morgan fingerprint density at radius 1 is 1.43 bits per heavy atom. The van der Waals surface area contributed by atoms with Crippen molar-refractivity contribution in [1.29, 1.82) is 0 Å². The van der Waals surface area contributed by atoms with Crippen LogP contribution in [0.2, 0.25) is 0 Å². The fourth-order valence-electron chi connectivity index (χ4n) is 2.52. The van der Waals surface area contributed by atoms with Crippen molar-refractivity contribution >= 4 is 23.3 Å². The number of aromatic carboxylic acids is 1. The lowest BCUT2D eigenvalue weighted by molar-refractivity contribution is -0.116. The predicted octanol–water partition coefficient (Wildman–Crippen LogP) is 1.30. The van der Waals surface area contributed by atoms with Gasteiger partial charge in [0.1, 0.15) is 5.69 Å². The fourth-order valence-corrected chi connectivity index (χ4v) is 2.52. The molecule has 1 saturated heterocycles. The zero-order valence-corrected chi connectivity index (χ0v) is 11.4. The number of hydrazone groups is 1. The highest BCUT2D eigenvalue weighted by Gasteiger charge is 2.31. The van der Waals surface area contributed by atoms with Gasteiger partial charge in [0, 0.05) is 12.5 Å². The molecule has 0 aromatic carbocycles. The summed E-state index contributed by atoms with van der Waals surface area (Å²) in [6, 6.07) is 2.90. The molecule has 2 aliphatic heterocycles. The van der Waals surface area contributed by atoms with Crippen LogP contribution in [-0.4, -0.2) is 40.9 Å². The molecule has 3 rings (SSSR count). The number of nitrogens with zero attached hydrogens (tertiary/aromatic N) is 3. The van der Waals surface area contributed by atoms with E-state index in [0.717, 1.165) is 25.2 Å². The van der Waals surface area contributed by atoms with Crippen molar-refractivity contribution in [3.8, 4) is 0 Å². The van der Waals surface area contributed by atoms with Gasteiger partial charge in [-0.25, -0.2) is 9.78 Å². The van der Waals surface area contributed by atoms with E-state index in [0.29, 0.717) is 12.3 Å². The number of aromatic nitrogens is 1.